The Morgan fingerprint density at radius 1 is 1.53 bits per heavy atom. The fourth-order valence-corrected chi connectivity index (χ4v) is 1.58. The zero-order valence-corrected chi connectivity index (χ0v) is 9.69. The number of carbonyl (C=O) groups excluding carboxylic acids is 1. The highest BCUT2D eigenvalue weighted by atomic mass is 16.5. The van der Waals surface area contributed by atoms with Crippen LogP contribution >= 0.6 is 0 Å². The number of nitrogens with zero attached hydrogens (tertiary/aromatic N) is 1. The Morgan fingerprint density at radius 3 is 3.06 bits per heavy atom. The lowest BCUT2D eigenvalue weighted by Gasteiger charge is -2.10. The highest BCUT2D eigenvalue weighted by Crippen LogP contribution is 2.19. The molecule has 5 heteroatoms. The third-order valence-corrected chi connectivity index (χ3v) is 2.45. The number of rotatable bonds is 4. The van der Waals surface area contributed by atoms with E-state index in [-0.39, 0.29) is 12.5 Å². The van der Waals surface area contributed by atoms with Crippen molar-refractivity contribution in [3.05, 3.63) is 29.8 Å². The first-order valence-corrected chi connectivity index (χ1v) is 5.52. The number of amides is 1. The standard InChI is InChI=1S/C12H15N3O2/c1-13-11(16)8-17-10-5-3-2-4-9(10)12-14-6-7-15-12/h2-5H,6-8H2,1H3,(H,13,16)(H,14,15). The molecule has 2 rings (SSSR count). The number of aliphatic imine (C=N–C) groups is 1. The summed E-state index contributed by atoms with van der Waals surface area (Å²) in [5, 5.41) is 5.70. The number of nitrogens with one attached hydrogen (secondary N) is 2. The van der Waals surface area contributed by atoms with Crippen molar-refractivity contribution < 1.29 is 9.53 Å². The molecule has 0 radical (unpaired) electrons. The Hall–Kier alpha value is -2.04. The van der Waals surface area contributed by atoms with Crippen LogP contribution in [0.4, 0.5) is 0 Å². The van der Waals surface area contributed by atoms with E-state index < -0.39 is 0 Å². The number of para-hydroxylation sites is 1. The van der Waals surface area contributed by atoms with Crippen LogP contribution in [0.25, 0.3) is 0 Å². The van der Waals surface area contributed by atoms with Gasteiger partial charge in [0.2, 0.25) is 0 Å². The van der Waals surface area contributed by atoms with E-state index >= 15 is 0 Å². The van der Waals surface area contributed by atoms with Gasteiger partial charge in [-0.15, -0.1) is 0 Å². The topological polar surface area (TPSA) is 62.7 Å². The second-order valence-corrected chi connectivity index (χ2v) is 3.62. The molecule has 1 aliphatic rings. The van der Waals surface area contributed by atoms with Crippen molar-refractivity contribution in [2.75, 3.05) is 26.7 Å². The molecule has 0 aliphatic carbocycles. The third-order valence-electron chi connectivity index (χ3n) is 2.45. The summed E-state index contributed by atoms with van der Waals surface area (Å²) in [6.07, 6.45) is 0. The van der Waals surface area contributed by atoms with E-state index in [9.17, 15) is 4.79 Å². The minimum atomic E-state index is -0.152. The van der Waals surface area contributed by atoms with Crippen LogP contribution in [0.1, 0.15) is 5.56 Å². The Morgan fingerprint density at radius 2 is 2.35 bits per heavy atom. The number of ether oxygens (including phenoxy) is 1. The maximum Gasteiger partial charge on any atom is 0.257 e. The maximum atomic E-state index is 11.1. The second kappa shape index (κ2) is 5.34. The van der Waals surface area contributed by atoms with E-state index in [1.54, 1.807) is 7.05 Å². The van der Waals surface area contributed by atoms with E-state index in [4.69, 9.17) is 4.74 Å². The normalized spacial score (nSPS) is 13.8. The fourth-order valence-electron chi connectivity index (χ4n) is 1.58. The molecule has 0 atom stereocenters. The molecule has 0 saturated carbocycles. The molecule has 0 fully saturated rings. The fraction of sp³-hybridized carbons (Fsp3) is 0.333. The molecule has 17 heavy (non-hydrogen) atoms. The number of likely N-dealkylation sites (N-methyl/N-ethyl adjacent to an activating group) is 1. The first-order valence-electron chi connectivity index (χ1n) is 5.52. The molecular formula is C12H15N3O2. The van der Waals surface area contributed by atoms with Crippen LogP contribution < -0.4 is 15.4 Å². The average Bonchev–Trinajstić information content (AvgIpc) is 2.90. The quantitative estimate of drug-likeness (QED) is 0.778. The van der Waals surface area contributed by atoms with Gasteiger partial charge in [0.15, 0.2) is 6.61 Å². The van der Waals surface area contributed by atoms with Crippen LogP contribution in [0, 0.1) is 0 Å². The summed E-state index contributed by atoms with van der Waals surface area (Å²) in [6.45, 7) is 1.64. The molecule has 1 aromatic carbocycles. The van der Waals surface area contributed by atoms with Gasteiger partial charge in [-0.1, -0.05) is 12.1 Å². The molecule has 0 aromatic heterocycles. The summed E-state index contributed by atoms with van der Waals surface area (Å²) >= 11 is 0. The number of carbonyl (C=O) groups is 1. The number of benzene rings is 1. The molecular weight excluding hydrogens is 218 g/mol. The lowest BCUT2D eigenvalue weighted by molar-refractivity contribution is -0.122. The first kappa shape index (κ1) is 11.4. The summed E-state index contributed by atoms with van der Waals surface area (Å²) in [5.74, 6) is 1.35. The first-order chi connectivity index (χ1) is 8.31. The van der Waals surface area contributed by atoms with E-state index in [0.717, 1.165) is 24.5 Å². The number of hydrogen-bond acceptors (Lipinski definition) is 4. The van der Waals surface area contributed by atoms with E-state index in [1.807, 2.05) is 24.3 Å². The van der Waals surface area contributed by atoms with Crippen LogP contribution in [0.2, 0.25) is 0 Å². The largest absolute Gasteiger partial charge is 0.483 e. The average molecular weight is 233 g/mol. The highest BCUT2D eigenvalue weighted by molar-refractivity contribution is 6.02. The van der Waals surface area contributed by atoms with Crippen LogP contribution in [0.15, 0.2) is 29.3 Å². The van der Waals surface area contributed by atoms with Gasteiger partial charge in [0.05, 0.1) is 12.1 Å². The number of amidine groups is 1. The van der Waals surface area contributed by atoms with Gasteiger partial charge in [0.25, 0.3) is 5.91 Å². The van der Waals surface area contributed by atoms with Crippen molar-refractivity contribution in [3.8, 4) is 5.75 Å². The lowest BCUT2D eigenvalue weighted by Crippen LogP contribution is -2.26. The smallest absolute Gasteiger partial charge is 0.257 e. The van der Waals surface area contributed by atoms with Gasteiger partial charge < -0.3 is 15.4 Å². The molecule has 1 aliphatic heterocycles. The van der Waals surface area contributed by atoms with Gasteiger partial charge in [0, 0.05) is 13.6 Å². The molecule has 0 spiro atoms. The molecule has 90 valence electrons. The summed E-state index contributed by atoms with van der Waals surface area (Å²) < 4.78 is 5.47. The SMILES string of the molecule is CNC(=O)COc1ccccc1C1=NCCN1. The summed E-state index contributed by atoms with van der Waals surface area (Å²) in [6, 6.07) is 7.56. The van der Waals surface area contributed by atoms with Crippen molar-refractivity contribution in [1.82, 2.24) is 10.6 Å². The Balaban J connectivity index is 2.13. The van der Waals surface area contributed by atoms with E-state index in [0.29, 0.717) is 5.75 Å². The molecule has 5 nitrogen and oxygen atoms in total. The van der Waals surface area contributed by atoms with Crippen LogP contribution in [-0.4, -0.2) is 38.5 Å². The molecule has 2 N–H and O–H groups in total. The van der Waals surface area contributed by atoms with Crippen molar-refractivity contribution in [2.45, 2.75) is 0 Å². The van der Waals surface area contributed by atoms with Crippen molar-refractivity contribution in [3.63, 3.8) is 0 Å². The summed E-state index contributed by atoms with van der Waals surface area (Å²) in [7, 11) is 1.58. The van der Waals surface area contributed by atoms with Crippen LogP contribution in [0.3, 0.4) is 0 Å². The molecule has 0 bridgehead atoms. The zero-order valence-electron chi connectivity index (χ0n) is 9.69. The minimum Gasteiger partial charge on any atom is -0.483 e. The predicted octanol–water partition coefficient (Wildman–Crippen LogP) is 0.161. The van der Waals surface area contributed by atoms with Crippen molar-refractivity contribution in [2.24, 2.45) is 4.99 Å². The molecule has 1 heterocycles. The van der Waals surface area contributed by atoms with Gasteiger partial charge in [-0.25, -0.2) is 0 Å². The highest BCUT2D eigenvalue weighted by Gasteiger charge is 2.13. The van der Waals surface area contributed by atoms with Crippen LogP contribution in [-0.2, 0) is 4.79 Å². The van der Waals surface area contributed by atoms with Crippen molar-refractivity contribution in [1.29, 1.82) is 0 Å². The minimum absolute atomic E-state index is 0.0147. The number of hydrogen-bond donors (Lipinski definition) is 2. The second-order valence-electron chi connectivity index (χ2n) is 3.62. The Kier molecular flexibility index (Phi) is 3.59. The van der Waals surface area contributed by atoms with E-state index in [1.165, 1.54) is 0 Å². The summed E-state index contributed by atoms with van der Waals surface area (Å²) in [5.41, 5.74) is 0.897. The van der Waals surface area contributed by atoms with Crippen molar-refractivity contribution >= 4 is 11.7 Å². The zero-order chi connectivity index (χ0) is 12.1. The monoisotopic (exact) mass is 233 g/mol. The predicted molar refractivity (Wildman–Crippen MR) is 65.4 cm³/mol. The van der Waals surface area contributed by atoms with Crippen LogP contribution in [0.5, 0.6) is 5.75 Å². The lowest BCUT2D eigenvalue weighted by atomic mass is 10.2. The molecule has 0 saturated heterocycles. The molecule has 1 amide bonds. The van der Waals surface area contributed by atoms with Gasteiger partial charge in [-0.05, 0) is 12.1 Å². The van der Waals surface area contributed by atoms with Gasteiger partial charge in [-0.2, -0.15) is 0 Å². The van der Waals surface area contributed by atoms with Gasteiger partial charge in [-0.3, -0.25) is 9.79 Å². The Bertz CT molecular complexity index is 443. The third kappa shape index (κ3) is 2.75. The maximum absolute atomic E-state index is 11.1. The molecule has 0 unspecified atom stereocenters. The molecule has 1 aromatic rings. The summed E-state index contributed by atoms with van der Waals surface area (Å²) in [4.78, 5) is 15.5. The van der Waals surface area contributed by atoms with Gasteiger partial charge >= 0.3 is 0 Å². The Labute approximate surface area is 99.9 Å². The van der Waals surface area contributed by atoms with E-state index in [2.05, 4.69) is 15.6 Å². The van der Waals surface area contributed by atoms with Gasteiger partial charge in [0.1, 0.15) is 11.6 Å².